The summed E-state index contributed by atoms with van der Waals surface area (Å²) in [7, 11) is 1.39. The number of anilines is 1. The van der Waals surface area contributed by atoms with Crippen molar-refractivity contribution in [1.82, 2.24) is 0 Å². The molecule has 150 valence electrons. The summed E-state index contributed by atoms with van der Waals surface area (Å²) >= 11 is 5.81. The lowest BCUT2D eigenvalue weighted by molar-refractivity contribution is -0.123. The Morgan fingerprint density at radius 1 is 1.18 bits per heavy atom. The minimum Gasteiger partial charge on any atom is -0.507 e. The van der Waals surface area contributed by atoms with Gasteiger partial charge in [0.1, 0.15) is 22.8 Å². The van der Waals surface area contributed by atoms with E-state index in [0.717, 1.165) is 6.07 Å². The van der Waals surface area contributed by atoms with Crippen molar-refractivity contribution < 1.29 is 37.7 Å². The SMILES string of the molecule is COc1ccc(O)c(C(=O)OC(C)C(=O)Nc2ccc(OC(F)F)c(Cl)c2)c1. The molecule has 0 aliphatic rings. The van der Waals surface area contributed by atoms with E-state index in [4.69, 9.17) is 21.1 Å². The van der Waals surface area contributed by atoms with E-state index in [2.05, 4.69) is 10.1 Å². The number of hydrogen-bond donors (Lipinski definition) is 2. The van der Waals surface area contributed by atoms with Crippen LogP contribution in [0.1, 0.15) is 17.3 Å². The number of halogens is 3. The quantitative estimate of drug-likeness (QED) is 0.667. The molecule has 2 aromatic carbocycles. The smallest absolute Gasteiger partial charge is 0.387 e. The third-order valence-electron chi connectivity index (χ3n) is 3.49. The predicted molar refractivity (Wildman–Crippen MR) is 96.3 cm³/mol. The number of ether oxygens (including phenoxy) is 3. The third kappa shape index (κ3) is 5.46. The van der Waals surface area contributed by atoms with Gasteiger partial charge < -0.3 is 24.6 Å². The van der Waals surface area contributed by atoms with Gasteiger partial charge in [0, 0.05) is 5.69 Å². The largest absolute Gasteiger partial charge is 0.507 e. The zero-order chi connectivity index (χ0) is 20.8. The van der Waals surface area contributed by atoms with Gasteiger partial charge in [-0.2, -0.15) is 8.78 Å². The maximum atomic E-state index is 12.2. The normalized spacial score (nSPS) is 11.6. The summed E-state index contributed by atoms with van der Waals surface area (Å²) in [4.78, 5) is 24.4. The molecule has 0 saturated heterocycles. The van der Waals surface area contributed by atoms with Crippen LogP contribution >= 0.6 is 11.6 Å². The molecule has 0 aromatic heterocycles. The van der Waals surface area contributed by atoms with Gasteiger partial charge in [-0.1, -0.05) is 11.6 Å². The van der Waals surface area contributed by atoms with Crippen molar-refractivity contribution in [1.29, 1.82) is 0 Å². The van der Waals surface area contributed by atoms with Gasteiger partial charge >= 0.3 is 12.6 Å². The van der Waals surface area contributed by atoms with E-state index in [1.165, 1.54) is 44.4 Å². The van der Waals surface area contributed by atoms with E-state index < -0.39 is 24.6 Å². The number of hydrogen-bond acceptors (Lipinski definition) is 6. The molecule has 28 heavy (non-hydrogen) atoms. The fraction of sp³-hybridized carbons (Fsp3) is 0.222. The van der Waals surface area contributed by atoms with Crippen molar-refractivity contribution in [3.63, 3.8) is 0 Å². The van der Waals surface area contributed by atoms with Gasteiger partial charge in [0.2, 0.25) is 0 Å². The third-order valence-corrected chi connectivity index (χ3v) is 3.79. The highest BCUT2D eigenvalue weighted by Gasteiger charge is 2.22. The van der Waals surface area contributed by atoms with E-state index in [0.29, 0.717) is 5.75 Å². The topological polar surface area (TPSA) is 94.1 Å². The number of esters is 1. The molecule has 0 heterocycles. The van der Waals surface area contributed by atoms with Crippen LogP contribution in [-0.2, 0) is 9.53 Å². The average Bonchev–Trinajstić information content (AvgIpc) is 2.63. The van der Waals surface area contributed by atoms with E-state index >= 15 is 0 Å². The van der Waals surface area contributed by atoms with Crippen molar-refractivity contribution >= 4 is 29.2 Å². The van der Waals surface area contributed by atoms with Crippen molar-refractivity contribution in [3.05, 3.63) is 47.0 Å². The summed E-state index contributed by atoms with van der Waals surface area (Å²) in [5, 5.41) is 12.1. The van der Waals surface area contributed by atoms with Gasteiger partial charge in [0.05, 0.1) is 12.1 Å². The molecule has 0 bridgehead atoms. The van der Waals surface area contributed by atoms with Crippen LogP contribution in [0.5, 0.6) is 17.2 Å². The second-order valence-electron chi connectivity index (χ2n) is 5.44. The van der Waals surface area contributed by atoms with Crippen molar-refractivity contribution in [2.45, 2.75) is 19.6 Å². The average molecular weight is 416 g/mol. The van der Waals surface area contributed by atoms with Gasteiger partial charge in [-0.15, -0.1) is 0 Å². The monoisotopic (exact) mass is 415 g/mol. The van der Waals surface area contributed by atoms with E-state index in [1.54, 1.807) is 0 Å². The molecule has 0 aliphatic carbocycles. The lowest BCUT2D eigenvalue weighted by Gasteiger charge is -2.15. The van der Waals surface area contributed by atoms with Crippen LogP contribution in [0.25, 0.3) is 0 Å². The number of rotatable bonds is 7. The number of carbonyl (C=O) groups is 2. The first-order chi connectivity index (χ1) is 13.2. The van der Waals surface area contributed by atoms with Gasteiger partial charge in [-0.3, -0.25) is 4.79 Å². The zero-order valence-electron chi connectivity index (χ0n) is 14.7. The summed E-state index contributed by atoms with van der Waals surface area (Å²) in [5.41, 5.74) is 0.0132. The fourth-order valence-corrected chi connectivity index (χ4v) is 2.32. The Kier molecular flexibility index (Phi) is 7.00. The van der Waals surface area contributed by atoms with Crippen LogP contribution in [0.4, 0.5) is 14.5 Å². The lowest BCUT2D eigenvalue weighted by atomic mass is 10.2. The Balaban J connectivity index is 2.03. The van der Waals surface area contributed by atoms with Gasteiger partial charge in [0.25, 0.3) is 5.91 Å². The summed E-state index contributed by atoms with van der Waals surface area (Å²) < 4.78 is 38.7. The summed E-state index contributed by atoms with van der Waals surface area (Å²) in [6, 6.07) is 7.64. The molecule has 0 radical (unpaired) electrons. The number of phenolic OH excluding ortho intramolecular Hbond substituents is 1. The Labute approximate surface area is 163 Å². The molecule has 1 atom stereocenters. The number of nitrogens with one attached hydrogen (secondary N) is 1. The van der Waals surface area contributed by atoms with Crippen molar-refractivity contribution in [2.24, 2.45) is 0 Å². The van der Waals surface area contributed by atoms with E-state index in [1.807, 2.05) is 0 Å². The van der Waals surface area contributed by atoms with Gasteiger partial charge in [0.15, 0.2) is 6.10 Å². The highest BCUT2D eigenvalue weighted by atomic mass is 35.5. The summed E-state index contributed by atoms with van der Waals surface area (Å²) in [6.07, 6.45) is -1.23. The first-order valence-corrected chi connectivity index (χ1v) is 8.22. The number of benzene rings is 2. The molecule has 0 saturated carbocycles. The molecule has 2 aromatic rings. The number of methoxy groups -OCH3 is 1. The van der Waals surface area contributed by atoms with Crippen LogP contribution < -0.4 is 14.8 Å². The second kappa shape index (κ2) is 9.23. The first kappa shape index (κ1) is 21.2. The highest BCUT2D eigenvalue weighted by molar-refractivity contribution is 6.32. The Morgan fingerprint density at radius 3 is 2.50 bits per heavy atom. The molecule has 10 heteroatoms. The molecule has 2 N–H and O–H groups in total. The molecule has 0 fully saturated rings. The van der Waals surface area contributed by atoms with Gasteiger partial charge in [-0.25, -0.2) is 4.79 Å². The van der Waals surface area contributed by atoms with E-state index in [9.17, 15) is 23.5 Å². The van der Waals surface area contributed by atoms with Crippen LogP contribution in [0.15, 0.2) is 36.4 Å². The fourth-order valence-electron chi connectivity index (χ4n) is 2.10. The minimum atomic E-state index is -3.04. The number of alkyl halides is 2. The van der Waals surface area contributed by atoms with Crippen LogP contribution in [0.3, 0.4) is 0 Å². The molecule has 1 unspecified atom stereocenters. The molecule has 7 nitrogen and oxygen atoms in total. The Hall–Kier alpha value is -3.07. The zero-order valence-corrected chi connectivity index (χ0v) is 15.5. The van der Waals surface area contributed by atoms with E-state index in [-0.39, 0.29) is 27.8 Å². The number of aromatic hydroxyl groups is 1. The van der Waals surface area contributed by atoms with Crippen molar-refractivity contribution in [3.8, 4) is 17.2 Å². The molecule has 2 rings (SSSR count). The first-order valence-electron chi connectivity index (χ1n) is 7.84. The highest BCUT2D eigenvalue weighted by Crippen LogP contribution is 2.29. The summed E-state index contributed by atoms with van der Waals surface area (Å²) in [5.74, 6) is -1.89. The maximum absolute atomic E-state index is 12.2. The predicted octanol–water partition coefficient (Wildman–Crippen LogP) is 3.84. The lowest BCUT2D eigenvalue weighted by Crippen LogP contribution is -2.30. The second-order valence-corrected chi connectivity index (χ2v) is 5.85. The number of amides is 1. The van der Waals surface area contributed by atoms with Crippen molar-refractivity contribution in [2.75, 3.05) is 12.4 Å². The number of carbonyl (C=O) groups excluding carboxylic acids is 2. The number of phenols is 1. The Bertz CT molecular complexity index is 877. The van der Waals surface area contributed by atoms with Crippen LogP contribution in [0, 0.1) is 0 Å². The van der Waals surface area contributed by atoms with Crippen LogP contribution in [0.2, 0.25) is 5.02 Å². The molecular formula is C18H16ClF2NO6. The molecular weight excluding hydrogens is 400 g/mol. The minimum absolute atomic E-state index is 0.135. The Morgan fingerprint density at radius 2 is 1.89 bits per heavy atom. The van der Waals surface area contributed by atoms with Gasteiger partial charge in [-0.05, 0) is 43.3 Å². The molecule has 0 spiro atoms. The molecule has 0 aliphatic heterocycles. The standard InChI is InChI=1S/C18H16ClF2NO6/c1-9(27-17(25)12-8-11(26-2)4-5-14(12)23)16(24)22-10-3-6-15(13(19)7-10)28-18(20)21/h3-9,18,23H,1-2H3,(H,22,24). The maximum Gasteiger partial charge on any atom is 0.387 e. The summed E-state index contributed by atoms with van der Waals surface area (Å²) in [6.45, 7) is -1.72. The van der Waals surface area contributed by atoms with Crippen LogP contribution in [-0.4, -0.2) is 36.8 Å². The molecule has 1 amide bonds.